The number of carbonyl (C=O) groups is 1. The van der Waals surface area contributed by atoms with E-state index in [2.05, 4.69) is 0 Å². The molecule has 0 fully saturated rings. The van der Waals surface area contributed by atoms with Crippen molar-refractivity contribution in [3.8, 4) is 0 Å². The molecule has 0 unspecified atom stereocenters. The van der Waals surface area contributed by atoms with E-state index in [-0.39, 0.29) is 5.57 Å². The third kappa shape index (κ3) is 1.78. The zero-order chi connectivity index (χ0) is 8.43. The van der Waals surface area contributed by atoms with Gasteiger partial charge < -0.3 is 15.3 Å². The number of aliphatic carboxylic acids is 1. The lowest BCUT2D eigenvalue weighted by Gasteiger charge is -2.20. The minimum Gasteiger partial charge on any atom is -0.478 e. The van der Waals surface area contributed by atoms with E-state index in [1.165, 1.54) is 6.08 Å². The summed E-state index contributed by atoms with van der Waals surface area (Å²) in [5.74, 6) is -1.02. The van der Waals surface area contributed by atoms with Crippen LogP contribution in [0.1, 0.15) is 12.8 Å². The molecule has 0 aromatic rings. The van der Waals surface area contributed by atoms with Gasteiger partial charge in [-0.05, 0) is 18.9 Å². The van der Waals surface area contributed by atoms with Crippen LogP contribution in [0.3, 0.4) is 0 Å². The van der Waals surface area contributed by atoms with Crippen LogP contribution in [0.4, 0.5) is 0 Å². The minimum absolute atomic E-state index is 0.183. The summed E-state index contributed by atoms with van der Waals surface area (Å²) in [6, 6.07) is 0. The van der Waals surface area contributed by atoms with Crippen molar-refractivity contribution in [1.29, 1.82) is 0 Å². The van der Waals surface area contributed by atoms with Gasteiger partial charge >= 0.3 is 5.97 Å². The Balaban J connectivity index is 2.71. The maximum Gasteiger partial charge on any atom is 0.331 e. The third-order valence-electron chi connectivity index (χ3n) is 1.75. The fraction of sp³-hybridized carbons (Fsp3) is 0.571. The summed E-state index contributed by atoms with van der Waals surface area (Å²) in [7, 11) is 0. The molecule has 4 nitrogen and oxygen atoms in total. The van der Waals surface area contributed by atoms with Crippen LogP contribution in [-0.2, 0) is 4.79 Å². The Morgan fingerprint density at radius 1 is 1.55 bits per heavy atom. The number of aliphatic hydroxyl groups is 2. The van der Waals surface area contributed by atoms with Crippen LogP contribution >= 0.6 is 0 Å². The summed E-state index contributed by atoms with van der Waals surface area (Å²) in [5, 5.41) is 26.5. The monoisotopic (exact) mass is 158 g/mol. The third-order valence-corrected chi connectivity index (χ3v) is 1.75. The van der Waals surface area contributed by atoms with E-state index in [0.29, 0.717) is 12.8 Å². The largest absolute Gasteiger partial charge is 0.478 e. The van der Waals surface area contributed by atoms with E-state index in [4.69, 9.17) is 15.3 Å². The molecule has 62 valence electrons. The predicted molar refractivity (Wildman–Crippen MR) is 37.0 cm³/mol. The van der Waals surface area contributed by atoms with Gasteiger partial charge in [-0.3, -0.25) is 0 Å². The molecule has 0 bridgehead atoms. The summed E-state index contributed by atoms with van der Waals surface area (Å²) < 4.78 is 0. The molecule has 0 aromatic heterocycles. The number of carboxylic acids is 1. The number of aliphatic hydroxyl groups excluding tert-OH is 2. The molecule has 0 saturated carbocycles. The van der Waals surface area contributed by atoms with Gasteiger partial charge in [0.25, 0.3) is 0 Å². The van der Waals surface area contributed by atoms with Crippen molar-refractivity contribution in [2.75, 3.05) is 0 Å². The van der Waals surface area contributed by atoms with Crippen LogP contribution in [0.5, 0.6) is 0 Å². The fourth-order valence-electron chi connectivity index (χ4n) is 1.05. The van der Waals surface area contributed by atoms with E-state index in [1.54, 1.807) is 0 Å². The molecule has 2 atom stereocenters. The van der Waals surface area contributed by atoms with Crippen LogP contribution in [0.2, 0.25) is 0 Å². The van der Waals surface area contributed by atoms with Crippen LogP contribution in [-0.4, -0.2) is 33.5 Å². The molecule has 3 N–H and O–H groups in total. The van der Waals surface area contributed by atoms with Crippen LogP contribution in [0, 0.1) is 0 Å². The summed E-state index contributed by atoms with van der Waals surface area (Å²) in [5.41, 5.74) is 0.183. The minimum atomic E-state index is -1.02. The molecule has 1 aliphatic carbocycles. The van der Waals surface area contributed by atoms with Crippen molar-refractivity contribution in [2.24, 2.45) is 0 Å². The number of rotatable bonds is 1. The second-order valence-electron chi connectivity index (χ2n) is 2.59. The summed E-state index contributed by atoms with van der Waals surface area (Å²) >= 11 is 0. The second-order valence-corrected chi connectivity index (χ2v) is 2.59. The molecule has 0 radical (unpaired) electrons. The Morgan fingerprint density at radius 2 is 2.18 bits per heavy atom. The van der Waals surface area contributed by atoms with Gasteiger partial charge in [-0.1, -0.05) is 0 Å². The summed E-state index contributed by atoms with van der Waals surface area (Å²) in [6.07, 6.45) is 0.0107. The lowest BCUT2D eigenvalue weighted by molar-refractivity contribution is -0.133. The van der Waals surface area contributed by atoms with E-state index in [0.717, 1.165) is 0 Å². The Labute approximate surface area is 63.8 Å². The van der Waals surface area contributed by atoms with E-state index in [9.17, 15) is 4.79 Å². The van der Waals surface area contributed by atoms with Crippen LogP contribution < -0.4 is 0 Å². The van der Waals surface area contributed by atoms with E-state index < -0.39 is 18.2 Å². The SMILES string of the molecule is O=C(O)C1=C[C@@H](O)[C@@H](O)CC1. The maximum absolute atomic E-state index is 10.3. The van der Waals surface area contributed by atoms with Crippen molar-refractivity contribution in [1.82, 2.24) is 0 Å². The van der Waals surface area contributed by atoms with Crippen molar-refractivity contribution in [3.05, 3.63) is 11.6 Å². The molecule has 0 saturated heterocycles. The van der Waals surface area contributed by atoms with Crippen LogP contribution in [0.15, 0.2) is 11.6 Å². The summed E-state index contributed by atoms with van der Waals surface area (Å²) in [4.78, 5) is 10.3. The van der Waals surface area contributed by atoms with Crippen LogP contribution in [0.25, 0.3) is 0 Å². The van der Waals surface area contributed by atoms with Crippen molar-refractivity contribution >= 4 is 5.97 Å². The van der Waals surface area contributed by atoms with Crippen molar-refractivity contribution < 1.29 is 20.1 Å². The molecular weight excluding hydrogens is 148 g/mol. The topological polar surface area (TPSA) is 77.8 Å². The number of carboxylic acid groups (broad SMARTS) is 1. The average Bonchev–Trinajstić information content (AvgIpc) is 1.94. The molecule has 0 aliphatic heterocycles. The molecule has 1 aliphatic rings. The van der Waals surface area contributed by atoms with Gasteiger partial charge in [-0.15, -0.1) is 0 Å². The fourth-order valence-corrected chi connectivity index (χ4v) is 1.05. The molecule has 0 heterocycles. The zero-order valence-electron chi connectivity index (χ0n) is 5.90. The molecule has 0 spiro atoms. The number of hydrogen-bond donors (Lipinski definition) is 3. The highest BCUT2D eigenvalue weighted by atomic mass is 16.4. The Kier molecular flexibility index (Phi) is 2.26. The Morgan fingerprint density at radius 3 is 2.64 bits per heavy atom. The Bertz CT molecular complexity index is 197. The molecule has 11 heavy (non-hydrogen) atoms. The molecule has 0 amide bonds. The normalized spacial score (nSPS) is 31.3. The average molecular weight is 158 g/mol. The van der Waals surface area contributed by atoms with Gasteiger partial charge in [0, 0.05) is 5.57 Å². The van der Waals surface area contributed by atoms with E-state index >= 15 is 0 Å². The maximum atomic E-state index is 10.3. The molecule has 1 rings (SSSR count). The van der Waals surface area contributed by atoms with Gasteiger partial charge in [0.2, 0.25) is 0 Å². The van der Waals surface area contributed by atoms with Gasteiger partial charge in [-0.25, -0.2) is 4.79 Å². The van der Waals surface area contributed by atoms with Gasteiger partial charge in [0.05, 0.1) is 12.2 Å². The highest BCUT2D eigenvalue weighted by Crippen LogP contribution is 2.18. The van der Waals surface area contributed by atoms with Crippen molar-refractivity contribution in [3.63, 3.8) is 0 Å². The molecular formula is C7H10O4. The first-order valence-electron chi connectivity index (χ1n) is 3.41. The predicted octanol–water partition coefficient (Wildman–Crippen LogP) is -0.487. The first-order valence-corrected chi connectivity index (χ1v) is 3.41. The first-order chi connectivity index (χ1) is 5.11. The quantitative estimate of drug-likeness (QED) is 0.481. The molecule has 4 heteroatoms. The standard InChI is InChI=1S/C7H10O4/c8-5-2-1-4(7(10)11)3-6(5)9/h3,5-6,8-9H,1-2H2,(H,10,11)/t5-,6+/m0/s1. The smallest absolute Gasteiger partial charge is 0.331 e. The van der Waals surface area contributed by atoms with Gasteiger partial charge in [0.15, 0.2) is 0 Å². The lowest BCUT2D eigenvalue weighted by Crippen LogP contribution is -2.28. The second kappa shape index (κ2) is 3.02. The van der Waals surface area contributed by atoms with Crippen molar-refractivity contribution in [2.45, 2.75) is 25.0 Å². The highest BCUT2D eigenvalue weighted by Gasteiger charge is 2.23. The molecule has 0 aromatic carbocycles. The van der Waals surface area contributed by atoms with E-state index in [1.807, 2.05) is 0 Å². The summed E-state index contributed by atoms with van der Waals surface area (Å²) in [6.45, 7) is 0. The van der Waals surface area contributed by atoms with Gasteiger partial charge in [0.1, 0.15) is 0 Å². The van der Waals surface area contributed by atoms with Gasteiger partial charge in [-0.2, -0.15) is 0 Å². The zero-order valence-corrected chi connectivity index (χ0v) is 5.90. The highest BCUT2D eigenvalue weighted by molar-refractivity contribution is 5.86. The first kappa shape index (κ1) is 8.23. The lowest BCUT2D eigenvalue weighted by atomic mass is 9.95. The Hall–Kier alpha value is -0.870. The number of hydrogen-bond acceptors (Lipinski definition) is 3.